The normalized spacial score (nSPS) is 24.9. The molecule has 3 heteroatoms. The average Bonchev–Trinajstić information content (AvgIpc) is 2.80. The minimum atomic E-state index is -0.625. The predicted molar refractivity (Wildman–Crippen MR) is 68.0 cm³/mol. The van der Waals surface area contributed by atoms with E-state index in [2.05, 4.69) is 5.32 Å². The van der Waals surface area contributed by atoms with E-state index in [4.69, 9.17) is 5.11 Å². The Labute approximate surface area is 104 Å². The lowest BCUT2D eigenvalue weighted by atomic mass is 9.71. The molecule has 2 rings (SSSR count). The van der Waals surface area contributed by atoms with E-state index in [1.165, 1.54) is 44.9 Å². The third-order valence-corrected chi connectivity index (χ3v) is 4.56. The molecule has 0 aromatic heterocycles. The van der Waals surface area contributed by atoms with Crippen LogP contribution in [0.4, 0.5) is 0 Å². The van der Waals surface area contributed by atoms with Crippen molar-refractivity contribution < 1.29 is 9.90 Å². The van der Waals surface area contributed by atoms with Gasteiger partial charge in [-0.1, -0.05) is 32.1 Å². The predicted octanol–water partition coefficient (Wildman–Crippen LogP) is 2.94. The van der Waals surface area contributed by atoms with Gasteiger partial charge in [-0.05, 0) is 31.1 Å². The van der Waals surface area contributed by atoms with Crippen LogP contribution in [0.1, 0.15) is 64.2 Å². The van der Waals surface area contributed by atoms with E-state index >= 15 is 0 Å². The summed E-state index contributed by atoms with van der Waals surface area (Å²) in [6.07, 6.45) is 11.5. The fourth-order valence-corrected chi connectivity index (χ4v) is 3.53. The summed E-state index contributed by atoms with van der Waals surface area (Å²) in [5.41, 5.74) is 0.0483. The van der Waals surface area contributed by atoms with Crippen molar-refractivity contribution in [2.24, 2.45) is 5.41 Å². The van der Waals surface area contributed by atoms with Gasteiger partial charge in [0.1, 0.15) is 0 Å². The molecular weight excluding hydrogens is 214 g/mol. The van der Waals surface area contributed by atoms with Crippen molar-refractivity contribution in [1.82, 2.24) is 5.32 Å². The van der Waals surface area contributed by atoms with Crippen molar-refractivity contribution in [3.8, 4) is 0 Å². The summed E-state index contributed by atoms with van der Waals surface area (Å²) < 4.78 is 0. The van der Waals surface area contributed by atoms with Crippen LogP contribution in [0.5, 0.6) is 0 Å². The molecule has 0 amide bonds. The highest BCUT2D eigenvalue weighted by molar-refractivity contribution is 5.67. The molecule has 2 aliphatic carbocycles. The zero-order valence-corrected chi connectivity index (χ0v) is 10.7. The zero-order chi connectivity index (χ0) is 12.1. The van der Waals surface area contributed by atoms with Gasteiger partial charge in [-0.15, -0.1) is 0 Å². The van der Waals surface area contributed by atoms with Gasteiger partial charge in [-0.3, -0.25) is 4.79 Å². The zero-order valence-electron chi connectivity index (χ0n) is 10.7. The van der Waals surface area contributed by atoms with Crippen LogP contribution in [0.3, 0.4) is 0 Å². The standard InChI is InChI=1S/C14H25NO2/c16-13(17)10-14(8-4-1-5-9-14)11-15-12-6-2-3-7-12/h12,15H,1-11H2,(H,16,17). The molecule has 0 aromatic carbocycles. The molecule has 0 unspecified atom stereocenters. The minimum absolute atomic E-state index is 0.0483. The Morgan fingerprint density at radius 2 is 1.76 bits per heavy atom. The Hall–Kier alpha value is -0.570. The van der Waals surface area contributed by atoms with Gasteiger partial charge in [0.25, 0.3) is 0 Å². The topological polar surface area (TPSA) is 49.3 Å². The minimum Gasteiger partial charge on any atom is -0.481 e. The summed E-state index contributed by atoms with van der Waals surface area (Å²) in [4.78, 5) is 11.0. The highest BCUT2D eigenvalue weighted by atomic mass is 16.4. The van der Waals surface area contributed by atoms with E-state index in [0.29, 0.717) is 12.5 Å². The molecule has 3 nitrogen and oxygen atoms in total. The number of nitrogens with one attached hydrogen (secondary N) is 1. The average molecular weight is 239 g/mol. The fourth-order valence-electron chi connectivity index (χ4n) is 3.53. The van der Waals surface area contributed by atoms with Gasteiger partial charge >= 0.3 is 5.97 Å². The molecule has 0 aliphatic heterocycles. The molecule has 0 atom stereocenters. The third kappa shape index (κ3) is 3.70. The first-order valence-electron chi connectivity index (χ1n) is 7.15. The van der Waals surface area contributed by atoms with Crippen LogP contribution in [0.15, 0.2) is 0 Å². The molecule has 0 spiro atoms. The molecule has 98 valence electrons. The Balaban J connectivity index is 1.87. The number of carboxylic acid groups (broad SMARTS) is 1. The molecule has 0 aromatic rings. The van der Waals surface area contributed by atoms with Crippen molar-refractivity contribution in [3.63, 3.8) is 0 Å². The Kier molecular flexibility index (Phi) is 4.43. The van der Waals surface area contributed by atoms with E-state index in [1.54, 1.807) is 0 Å². The summed E-state index contributed by atoms with van der Waals surface area (Å²) >= 11 is 0. The number of hydrogen-bond acceptors (Lipinski definition) is 2. The van der Waals surface area contributed by atoms with E-state index in [0.717, 1.165) is 19.4 Å². The molecule has 2 saturated carbocycles. The van der Waals surface area contributed by atoms with Gasteiger partial charge in [0.15, 0.2) is 0 Å². The quantitative estimate of drug-likeness (QED) is 0.775. The highest BCUT2D eigenvalue weighted by Gasteiger charge is 2.34. The molecule has 2 N–H and O–H groups in total. The molecule has 17 heavy (non-hydrogen) atoms. The number of carboxylic acids is 1. The van der Waals surface area contributed by atoms with Crippen LogP contribution in [-0.2, 0) is 4.79 Å². The summed E-state index contributed by atoms with van der Waals surface area (Å²) in [6.45, 7) is 0.921. The van der Waals surface area contributed by atoms with Gasteiger partial charge in [0, 0.05) is 12.6 Å². The van der Waals surface area contributed by atoms with Crippen molar-refractivity contribution in [2.75, 3.05) is 6.54 Å². The fraction of sp³-hybridized carbons (Fsp3) is 0.929. The largest absolute Gasteiger partial charge is 0.481 e. The van der Waals surface area contributed by atoms with Crippen molar-refractivity contribution in [2.45, 2.75) is 70.3 Å². The summed E-state index contributed by atoms with van der Waals surface area (Å²) in [5.74, 6) is -0.625. The second-order valence-electron chi connectivity index (χ2n) is 5.99. The molecule has 2 aliphatic rings. The van der Waals surface area contributed by atoms with Crippen molar-refractivity contribution >= 4 is 5.97 Å². The van der Waals surface area contributed by atoms with Gasteiger partial charge in [-0.25, -0.2) is 0 Å². The monoisotopic (exact) mass is 239 g/mol. The molecule has 0 saturated heterocycles. The number of carbonyl (C=O) groups is 1. The SMILES string of the molecule is O=C(O)CC1(CNC2CCCC2)CCCCC1. The maximum atomic E-state index is 11.0. The van der Waals surface area contributed by atoms with Crippen molar-refractivity contribution in [1.29, 1.82) is 0 Å². The van der Waals surface area contributed by atoms with Gasteiger partial charge in [-0.2, -0.15) is 0 Å². The van der Waals surface area contributed by atoms with Crippen LogP contribution in [-0.4, -0.2) is 23.7 Å². The van der Waals surface area contributed by atoms with Gasteiger partial charge in [0.2, 0.25) is 0 Å². The van der Waals surface area contributed by atoms with Crippen LogP contribution in [0, 0.1) is 5.41 Å². The summed E-state index contributed by atoms with van der Waals surface area (Å²) in [7, 11) is 0. The van der Waals surface area contributed by atoms with E-state index in [1.807, 2.05) is 0 Å². The molecule has 2 fully saturated rings. The first-order chi connectivity index (χ1) is 8.20. The van der Waals surface area contributed by atoms with Crippen LogP contribution in [0.25, 0.3) is 0 Å². The maximum absolute atomic E-state index is 11.0. The van der Waals surface area contributed by atoms with E-state index < -0.39 is 5.97 Å². The first kappa shape index (κ1) is 12.9. The maximum Gasteiger partial charge on any atom is 0.303 e. The lowest BCUT2D eigenvalue weighted by molar-refractivity contribution is -0.140. The Morgan fingerprint density at radius 3 is 2.35 bits per heavy atom. The van der Waals surface area contributed by atoms with E-state index in [9.17, 15) is 4.79 Å². The Morgan fingerprint density at radius 1 is 1.12 bits per heavy atom. The van der Waals surface area contributed by atoms with Crippen LogP contribution < -0.4 is 5.32 Å². The second-order valence-corrected chi connectivity index (χ2v) is 5.99. The van der Waals surface area contributed by atoms with Crippen molar-refractivity contribution in [3.05, 3.63) is 0 Å². The second kappa shape index (κ2) is 5.85. The van der Waals surface area contributed by atoms with E-state index in [-0.39, 0.29) is 5.41 Å². The lowest BCUT2D eigenvalue weighted by Crippen LogP contribution is -2.41. The number of hydrogen-bond donors (Lipinski definition) is 2. The van der Waals surface area contributed by atoms with Gasteiger partial charge < -0.3 is 10.4 Å². The smallest absolute Gasteiger partial charge is 0.303 e. The molecular formula is C14H25NO2. The lowest BCUT2D eigenvalue weighted by Gasteiger charge is -2.37. The Bertz CT molecular complexity index is 253. The van der Waals surface area contributed by atoms with Gasteiger partial charge in [0.05, 0.1) is 6.42 Å². The van der Waals surface area contributed by atoms with Crippen LogP contribution in [0.2, 0.25) is 0 Å². The van der Waals surface area contributed by atoms with Crippen LogP contribution >= 0.6 is 0 Å². The summed E-state index contributed by atoms with van der Waals surface area (Å²) in [5, 5.41) is 12.7. The number of rotatable bonds is 5. The molecule has 0 heterocycles. The number of aliphatic carboxylic acids is 1. The first-order valence-corrected chi connectivity index (χ1v) is 7.15. The molecule has 0 radical (unpaired) electrons. The summed E-state index contributed by atoms with van der Waals surface area (Å²) in [6, 6.07) is 0.655. The highest BCUT2D eigenvalue weighted by Crippen LogP contribution is 2.39. The third-order valence-electron chi connectivity index (χ3n) is 4.56. The molecule has 0 bridgehead atoms.